The number of nitriles is 1. The summed E-state index contributed by atoms with van der Waals surface area (Å²) in [5.74, 6) is -1.81. The average molecular weight is 381 g/mol. The number of benzene rings is 2. The Bertz CT molecular complexity index is 895. The number of amides is 1. The highest BCUT2D eigenvalue weighted by atomic mass is 19.2. The lowest BCUT2D eigenvalue weighted by atomic mass is 10.0. The van der Waals surface area contributed by atoms with E-state index in [4.69, 9.17) is 5.26 Å². The van der Waals surface area contributed by atoms with Crippen molar-refractivity contribution in [1.82, 2.24) is 10.2 Å². The second-order valence-electron chi connectivity index (χ2n) is 6.87. The first kappa shape index (κ1) is 19.7. The zero-order valence-electron chi connectivity index (χ0n) is 15.4. The van der Waals surface area contributed by atoms with Gasteiger partial charge in [-0.05, 0) is 54.3 Å². The standard InChI is InChI=1S/C22H21F2N3O/c23-20-7-5-18(13-21(20)24)15-27-11-9-19(10-12-27)26-22(28)8-6-16-1-3-17(14-25)4-2-16/h1-8,13,19H,9-12,15H2,(H,26,28). The largest absolute Gasteiger partial charge is 0.350 e. The molecule has 0 saturated carbocycles. The predicted molar refractivity (Wildman–Crippen MR) is 103 cm³/mol. The van der Waals surface area contributed by atoms with Crippen molar-refractivity contribution < 1.29 is 13.6 Å². The van der Waals surface area contributed by atoms with E-state index in [1.165, 1.54) is 12.1 Å². The van der Waals surface area contributed by atoms with Crippen LogP contribution in [0.1, 0.15) is 29.5 Å². The molecule has 0 atom stereocenters. The molecule has 1 amide bonds. The van der Waals surface area contributed by atoms with Crippen molar-refractivity contribution >= 4 is 12.0 Å². The van der Waals surface area contributed by atoms with Gasteiger partial charge in [0.05, 0.1) is 11.6 Å². The summed E-state index contributed by atoms with van der Waals surface area (Å²) in [5, 5.41) is 11.8. The van der Waals surface area contributed by atoms with Crippen LogP contribution >= 0.6 is 0 Å². The normalized spacial score (nSPS) is 15.5. The number of carbonyl (C=O) groups is 1. The van der Waals surface area contributed by atoms with Gasteiger partial charge in [0.25, 0.3) is 0 Å². The van der Waals surface area contributed by atoms with E-state index in [1.54, 1.807) is 36.4 Å². The molecule has 0 aliphatic carbocycles. The highest BCUT2D eigenvalue weighted by Gasteiger charge is 2.20. The number of likely N-dealkylation sites (tertiary alicyclic amines) is 1. The van der Waals surface area contributed by atoms with Gasteiger partial charge in [0.1, 0.15) is 0 Å². The van der Waals surface area contributed by atoms with Gasteiger partial charge in [0, 0.05) is 31.8 Å². The van der Waals surface area contributed by atoms with Crippen LogP contribution < -0.4 is 5.32 Å². The van der Waals surface area contributed by atoms with Gasteiger partial charge in [-0.3, -0.25) is 9.69 Å². The quantitative estimate of drug-likeness (QED) is 0.805. The fourth-order valence-electron chi connectivity index (χ4n) is 3.22. The van der Waals surface area contributed by atoms with Gasteiger partial charge in [0.2, 0.25) is 5.91 Å². The first-order chi connectivity index (χ1) is 13.5. The van der Waals surface area contributed by atoms with Gasteiger partial charge in [-0.1, -0.05) is 18.2 Å². The van der Waals surface area contributed by atoms with Gasteiger partial charge < -0.3 is 5.32 Å². The predicted octanol–water partition coefficient (Wildman–Crippen LogP) is 3.63. The number of hydrogen-bond acceptors (Lipinski definition) is 3. The lowest BCUT2D eigenvalue weighted by molar-refractivity contribution is -0.117. The molecule has 6 heteroatoms. The Kier molecular flexibility index (Phi) is 6.51. The maximum Gasteiger partial charge on any atom is 0.244 e. The fraction of sp³-hybridized carbons (Fsp3) is 0.273. The number of carbonyl (C=O) groups excluding carboxylic acids is 1. The monoisotopic (exact) mass is 381 g/mol. The molecule has 1 aliphatic rings. The topological polar surface area (TPSA) is 56.1 Å². The molecular weight excluding hydrogens is 360 g/mol. The van der Waals surface area contributed by atoms with Crippen LogP contribution in [-0.4, -0.2) is 29.9 Å². The summed E-state index contributed by atoms with van der Waals surface area (Å²) in [6, 6.07) is 13.1. The molecule has 0 radical (unpaired) electrons. The second kappa shape index (κ2) is 9.25. The van der Waals surface area contributed by atoms with Crippen molar-refractivity contribution in [2.24, 2.45) is 0 Å². The van der Waals surface area contributed by atoms with E-state index < -0.39 is 11.6 Å². The molecular formula is C22H21F2N3O. The zero-order valence-corrected chi connectivity index (χ0v) is 15.4. The zero-order chi connectivity index (χ0) is 19.9. The maximum absolute atomic E-state index is 13.3. The molecule has 2 aromatic carbocycles. The average Bonchev–Trinajstić information content (AvgIpc) is 2.71. The van der Waals surface area contributed by atoms with Crippen molar-refractivity contribution in [1.29, 1.82) is 5.26 Å². The molecule has 1 fully saturated rings. The van der Waals surface area contributed by atoms with Crippen molar-refractivity contribution in [2.45, 2.75) is 25.4 Å². The molecule has 1 saturated heterocycles. The number of rotatable bonds is 5. The molecule has 1 aliphatic heterocycles. The Balaban J connectivity index is 1.44. The Morgan fingerprint density at radius 3 is 2.50 bits per heavy atom. The van der Waals surface area contributed by atoms with Crippen LogP contribution in [0.4, 0.5) is 8.78 Å². The molecule has 0 aromatic heterocycles. The number of nitrogens with zero attached hydrogens (tertiary/aromatic N) is 2. The van der Waals surface area contributed by atoms with E-state index in [9.17, 15) is 13.6 Å². The van der Waals surface area contributed by atoms with E-state index in [0.717, 1.165) is 43.1 Å². The maximum atomic E-state index is 13.3. The number of hydrogen-bond donors (Lipinski definition) is 1. The smallest absolute Gasteiger partial charge is 0.244 e. The lowest BCUT2D eigenvalue weighted by Crippen LogP contribution is -2.43. The van der Waals surface area contributed by atoms with E-state index in [0.29, 0.717) is 12.1 Å². The SMILES string of the molecule is N#Cc1ccc(C=CC(=O)NC2CCN(Cc3ccc(F)c(F)c3)CC2)cc1. The van der Waals surface area contributed by atoms with Crippen LogP contribution in [0, 0.1) is 23.0 Å². The fourth-order valence-corrected chi connectivity index (χ4v) is 3.22. The highest BCUT2D eigenvalue weighted by Crippen LogP contribution is 2.16. The Labute approximate surface area is 163 Å². The molecule has 28 heavy (non-hydrogen) atoms. The van der Waals surface area contributed by atoms with E-state index in [-0.39, 0.29) is 11.9 Å². The van der Waals surface area contributed by atoms with Crippen molar-refractivity contribution in [3.8, 4) is 6.07 Å². The molecule has 1 heterocycles. The van der Waals surface area contributed by atoms with Gasteiger partial charge in [-0.25, -0.2) is 8.78 Å². The van der Waals surface area contributed by atoms with Crippen LogP contribution in [0.15, 0.2) is 48.5 Å². The molecule has 144 valence electrons. The van der Waals surface area contributed by atoms with E-state index in [2.05, 4.69) is 16.3 Å². The Hall–Kier alpha value is -3.04. The minimum atomic E-state index is -0.834. The van der Waals surface area contributed by atoms with Gasteiger partial charge >= 0.3 is 0 Å². The van der Waals surface area contributed by atoms with Crippen LogP contribution in [0.5, 0.6) is 0 Å². The summed E-state index contributed by atoms with van der Waals surface area (Å²) in [5.41, 5.74) is 2.18. The van der Waals surface area contributed by atoms with Gasteiger partial charge in [0.15, 0.2) is 11.6 Å². The van der Waals surface area contributed by atoms with Crippen molar-refractivity contribution in [3.63, 3.8) is 0 Å². The first-order valence-electron chi connectivity index (χ1n) is 9.18. The minimum absolute atomic E-state index is 0.0966. The van der Waals surface area contributed by atoms with E-state index >= 15 is 0 Å². The van der Waals surface area contributed by atoms with Crippen molar-refractivity contribution in [3.05, 3.63) is 76.9 Å². The van der Waals surface area contributed by atoms with Crippen molar-refractivity contribution in [2.75, 3.05) is 13.1 Å². The van der Waals surface area contributed by atoms with Gasteiger partial charge in [-0.2, -0.15) is 5.26 Å². The summed E-state index contributed by atoms with van der Waals surface area (Å²) >= 11 is 0. The van der Waals surface area contributed by atoms with Crippen LogP contribution in [0.2, 0.25) is 0 Å². The summed E-state index contributed by atoms with van der Waals surface area (Å²) in [6.45, 7) is 2.13. The summed E-state index contributed by atoms with van der Waals surface area (Å²) in [4.78, 5) is 14.3. The summed E-state index contributed by atoms with van der Waals surface area (Å²) in [6.07, 6.45) is 4.82. The lowest BCUT2D eigenvalue weighted by Gasteiger charge is -2.32. The molecule has 3 rings (SSSR count). The van der Waals surface area contributed by atoms with Crippen LogP contribution in [0.25, 0.3) is 6.08 Å². The second-order valence-corrected chi connectivity index (χ2v) is 6.87. The Morgan fingerprint density at radius 2 is 1.86 bits per heavy atom. The minimum Gasteiger partial charge on any atom is -0.350 e. The third-order valence-electron chi connectivity index (χ3n) is 4.79. The first-order valence-corrected chi connectivity index (χ1v) is 9.18. The molecule has 1 N–H and O–H groups in total. The van der Waals surface area contributed by atoms with Crippen LogP contribution in [0.3, 0.4) is 0 Å². The van der Waals surface area contributed by atoms with Gasteiger partial charge in [-0.15, -0.1) is 0 Å². The summed E-state index contributed by atoms with van der Waals surface area (Å²) < 4.78 is 26.3. The number of halogens is 2. The van der Waals surface area contributed by atoms with E-state index in [1.807, 2.05) is 0 Å². The molecule has 2 aromatic rings. The number of nitrogens with one attached hydrogen (secondary N) is 1. The molecule has 4 nitrogen and oxygen atoms in total. The van der Waals surface area contributed by atoms with Crippen LogP contribution in [-0.2, 0) is 11.3 Å². The molecule has 0 bridgehead atoms. The summed E-state index contributed by atoms with van der Waals surface area (Å²) in [7, 11) is 0. The highest BCUT2D eigenvalue weighted by molar-refractivity contribution is 5.91. The Morgan fingerprint density at radius 1 is 1.14 bits per heavy atom. The number of piperidine rings is 1. The third kappa shape index (κ3) is 5.48. The molecule has 0 spiro atoms. The molecule has 0 unspecified atom stereocenters. The third-order valence-corrected chi connectivity index (χ3v) is 4.79.